The summed E-state index contributed by atoms with van der Waals surface area (Å²) in [4.78, 5) is 11.9. The zero-order valence-corrected chi connectivity index (χ0v) is 12.1. The van der Waals surface area contributed by atoms with Gasteiger partial charge < -0.3 is 15.2 Å². The number of aliphatic hydroxyl groups is 1. The molecule has 0 aliphatic carbocycles. The van der Waals surface area contributed by atoms with Crippen molar-refractivity contribution in [2.24, 2.45) is 0 Å². The lowest BCUT2D eigenvalue weighted by molar-refractivity contribution is -0.111. The number of ether oxygens (including phenoxy) is 1. The van der Waals surface area contributed by atoms with Crippen LogP contribution in [0.25, 0.3) is 6.08 Å². The van der Waals surface area contributed by atoms with Crippen molar-refractivity contribution in [3.8, 4) is 5.75 Å². The van der Waals surface area contributed by atoms with Crippen LogP contribution in [-0.2, 0) is 17.8 Å². The van der Waals surface area contributed by atoms with Crippen LogP contribution in [-0.4, -0.2) is 17.6 Å². The van der Waals surface area contributed by atoms with Crippen LogP contribution in [0.1, 0.15) is 16.7 Å². The number of aliphatic hydroxyl groups excluding tert-OH is 1. The highest BCUT2D eigenvalue weighted by Crippen LogP contribution is 2.26. The second kappa shape index (κ2) is 6.45. The molecule has 0 saturated carbocycles. The Hall–Kier alpha value is -2.59. The summed E-state index contributed by atoms with van der Waals surface area (Å²) in [7, 11) is 0. The maximum atomic E-state index is 11.9. The highest BCUT2D eigenvalue weighted by molar-refractivity contribution is 6.01. The summed E-state index contributed by atoms with van der Waals surface area (Å²) in [6.45, 7) is 0.681. The lowest BCUT2D eigenvalue weighted by Gasteiger charge is -2.04. The van der Waals surface area contributed by atoms with Crippen molar-refractivity contribution in [2.75, 3.05) is 11.9 Å². The molecule has 112 valence electrons. The van der Waals surface area contributed by atoms with E-state index in [4.69, 9.17) is 9.84 Å². The Bertz CT molecular complexity index is 722. The van der Waals surface area contributed by atoms with E-state index < -0.39 is 0 Å². The number of nitrogens with one attached hydrogen (secondary N) is 1. The highest BCUT2D eigenvalue weighted by Gasteiger charge is 2.11. The number of hydrogen-bond donors (Lipinski definition) is 2. The lowest BCUT2D eigenvalue weighted by atomic mass is 10.1. The molecule has 0 fully saturated rings. The topological polar surface area (TPSA) is 58.6 Å². The molecule has 0 spiro atoms. The molecule has 0 radical (unpaired) electrons. The van der Waals surface area contributed by atoms with Gasteiger partial charge in [-0.1, -0.05) is 18.2 Å². The molecule has 4 heteroatoms. The third-order valence-electron chi connectivity index (χ3n) is 3.52. The zero-order chi connectivity index (χ0) is 15.4. The molecule has 0 unspecified atom stereocenters. The number of benzene rings is 2. The minimum absolute atomic E-state index is 0.0449. The third kappa shape index (κ3) is 3.35. The summed E-state index contributed by atoms with van der Waals surface area (Å²) < 4.78 is 5.46. The van der Waals surface area contributed by atoms with E-state index in [-0.39, 0.29) is 12.5 Å². The van der Waals surface area contributed by atoms with Crippen LogP contribution in [0.15, 0.2) is 48.5 Å². The standard InChI is InChI=1S/C18H17NO3/c20-12-14-2-1-3-16(11-14)19-18(21)7-5-13-4-6-17-15(10-13)8-9-22-17/h1-7,10-11,20H,8-9,12H2,(H,19,21)/b7-5+. The van der Waals surface area contributed by atoms with Crippen molar-refractivity contribution in [2.45, 2.75) is 13.0 Å². The molecule has 1 aliphatic rings. The van der Waals surface area contributed by atoms with Gasteiger partial charge in [-0.25, -0.2) is 0 Å². The molecule has 0 aromatic heterocycles. The van der Waals surface area contributed by atoms with Crippen molar-refractivity contribution in [3.05, 3.63) is 65.2 Å². The van der Waals surface area contributed by atoms with Gasteiger partial charge in [-0.3, -0.25) is 4.79 Å². The Balaban J connectivity index is 1.66. The molecule has 4 nitrogen and oxygen atoms in total. The molecule has 0 bridgehead atoms. The first-order chi connectivity index (χ1) is 10.7. The van der Waals surface area contributed by atoms with Gasteiger partial charge in [0, 0.05) is 18.2 Å². The van der Waals surface area contributed by atoms with E-state index in [0.29, 0.717) is 5.69 Å². The van der Waals surface area contributed by atoms with Crippen molar-refractivity contribution < 1.29 is 14.6 Å². The van der Waals surface area contributed by atoms with Crippen molar-refractivity contribution >= 4 is 17.7 Å². The fourth-order valence-electron chi connectivity index (χ4n) is 2.41. The van der Waals surface area contributed by atoms with Gasteiger partial charge in [-0.15, -0.1) is 0 Å². The van der Waals surface area contributed by atoms with Gasteiger partial charge >= 0.3 is 0 Å². The summed E-state index contributed by atoms with van der Waals surface area (Å²) in [5, 5.41) is 11.9. The van der Waals surface area contributed by atoms with Gasteiger partial charge in [0.05, 0.1) is 13.2 Å². The maximum Gasteiger partial charge on any atom is 0.248 e. The summed E-state index contributed by atoms with van der Waals surface area (Å²) in [5.74, 6) is 0.731. The molecule has 1 amide bonds. The quantitative estimate of drug-likeness (QED) is 0.853. The second-order valence-electron chi connectivity index (χ2n) is 5.15. The molecule has 2 N–H and O–H groups in total. The predicted molar refractivity (Wildman–Crippen MR) is 85.7 cm³/mol. The smallest absolute Gasteiger partial charge is 0.248 e. The van der Waals surface area contributed by atoms with Crippen LogP contribution in [0, 0.1) is 0 Å². The van der Waals surface area contributed by atoms with Crippen molar-refractivity contribution in [1.29, 1.82) is 0 Å². The molecule has 2 aromatic carbocycles. The number of rotatable bonds is 4. The number of amides is 1. The number of carbonyl (C=O) groups excluding carboxylic acids is 1. The van der Waals surface area contributed by atoms with Gasteiger partial charge in [0.25, 0.3) is 0 Å². The predicted octanol–water partition coefficient (Wildman–Crippen LogP) is 2.77. The van der Waals surface area contributed by atoms with E-state index in [9.17, 15) is 4.79 Å². The fraction of sp³-hybridized carbons (Fsp3) is 0.167. The second-order valence-corrected chi connectivity index (χ2v) is 5.15. The molecule has 1 heterocycles. The third-order valence-corrected chi connectivity index (χ3v) is 3.52. The van der Waals surface area contributed by atoms with Crippen LogP contribution in [0.4, 0.5) is 5.69 Å². The van der Waals surface area contributed by atoms with Crippen molar-refractivity contribution in [3.63, 3.8) is 0 Å². The first-order valence-electron chi connectivity index (χ1n) is 7.19. The first kappa shape index (κ1) is 14.4. The number of anilines is 1. The summed E-state index contributed by atoms with van der Waals surface area (Å²) in [6.07, 6.45) is 4.20. The number of fused-ring (bicyclic) bond motifs is 1. The molecule has 2 aromatic rings. The first-order valence-corrected chi connectivity index (χ1v) is 7.19. The SMILES string of the molecule is O=C(/C=C/c1ccc2c(c1)CCO2)Nc1cccc(CO)c1. The normalized spacial score (nSPS) is 13.0. The number of carbonyl (C=O) groups is 1. The summed E-state index contributed by atoms with van der Waals surface area (Å²) >= 11 is 0. The summed E-state index contributed by atoms with van der Waals surface area (Å²) in [5.41, 5.74) is 3.59. The van der Waals surface area contributed by atoms with Gasteiger partial charge in [-0.05, 0) is 47.0 Å². The molecule has 0 atom stereocenters. The zero-order valence-electron chi connectivity index (χ0n) is 12.1. The van der Waals surface area contributed by atoms with Crippen LogP contribution < -0.4 is 10.1 Å². The molecular weight excluding hydrogens is 278 g/mol. The fourth-order valence-corrected chi connectivity index (χ4v) is 2.41. The van der Waals surface area contributed by atoms with E-state index in [1.807, 2.05) is 18.2 Å². The van der Waals surface area contributed by atoms with Gasteiger partial charge in [0.15, 0.2) is 0 Å². The average molecular weight is 295 g/mol. The molecule has 1 aliphatic heterocycles. The highest BCUT2D eigenvalue weighted by atomic mass is 16.5. The lowest BCUT2D eigenvalue weighted by Crippen LogP contribution is -2.07. The maximum absolute atomic E-state index is 11.9. The monoisotopic (exact) mass is 295 g/mol. The molecular formula is C18H17NO3. The Morgan fingerprint density at radius 3 is 3.05 bits per heavy atom. The van der Waals surface area contributed by atoms with Crippen LogP contribution in [0.3, 0.4) is 0 Å². The molecule has 22 heavy (non-hydrogen) atoms. The Labute approximate surface area is 129 Å². The molecule has 0 saturated heterocycles. The molecule has 3 rings (SSSR count). The van der Waals surface area contributed by atoms with E-state index >= 15 is 0 Å². The van der Waals surface area contributed by atoms with Crippen molar-refractivity contribution in [1.82, 2.24) is 0 Å². The van der Waals surface area contributed by atoms with Gasteiger partial charge in [0.2, 0.25) is 5.91 Å². The minimum atomic E-state index is -0.202. The number of hydrogen-bond acceptors (Lipinski definition) is 3. The Morgan fingerprint density at radius 1 is 1.27 bits per heavy atom. The van der Waals surface area contributed by atoms with Gasteiger partial charge in [0.1, 0.15) is 5.75 Å². The van der Waals surface area contributed by atoms with E-state index in [1.165, 1.54) is 11.6 Å². The van der Waals surface area contributed by atoms with Crippen LogP contribution >= 0.6 is 0 Å². The van der Waals surface area contributed by atoms with E-state index in [2.05, 4.69) is 5.32 Å². The van der Waals surface area contributed by atoms with Crippen LogP contribution in [0.2, 0.25) is 0 Å². The Morgan fingerprint density at radius 2 is 2.18 bits per heavy atom. The van der Waals surface area contributed by atoms with Gasteiger partial charge in [-0.2, -0.15) is 0 Å². The Kier molecular flexibility index (Phi) is 4.21. The van der Waals surface area contributed by atoms with E-state index in [1.54, 1.807) is 30.3 Å². The van der Waals surface area contributed by atoms with E-state index in [0.717, 1.165) is 29.9 Å². The van der Waals surface area contributed by atoms with Crippen LogP contribution in [0.5, 0.6) is 5.75 Å². The largest absolute Gasteiger partial charge is 0.493 e. The summed E-state index contributed by atoms with van der Waals surface area (Å²) in [6, 6.07) is 13.0. The average Bonchev–Trinajstić information content (AvgIpc) is 3.00. The minimum Gasteiger partial charge on any atom is -0.493 e.